The van der Waals surface area contributed by atoms with E-state index in [0.29, 0.717) is 35.7 Å². The maximum absolute atomic E-state index is 10.0. The van der Waals surface area contributed by atoms with Crippen LogP contribution in [-0.4, -0.2) is 24.9 Å². The van der Waals surface area contributed by atoms with Gasteiger partial charge in [0.2, 0.25) is 0 Å². The highest BCUT2D eigenvalue weighted by atomic mass is 79.9. The van der Waals surface area contributed by atoms with Crippen LogP contribution in [0, 0.1) is 0 Å². The van der Waals surface area contributed by atoms with Crippen molar-refractivity contribution >= 4 is 15.9 Å². The summed E-state index contributed by atoms with van der Waals surface area (Å²) in [7, 11) is 0. The maximum atomic E-state index is 10.0. The predicted molar refractivity (Wildman–Crippen MR) is 68.8 cm³/mol. The summed E-state index contributed by atoms with van der Waals surface area (Å²) in [6, 6.07) is 1.75. The lowest BCUT2D eigenvalue weighted by Crippen LogP contribution is -2.17. The molecule has 0 atom stereocenters. The highest BCUT2D eigenvalue weighted by molar-refractivity contribution is 9.10. The molecule has 0 aliphatic carbocycles. The molecule has 1 aromatic carbocycles. The Morgan fingerprint density at radius 2 is 2.06 bits per heavy atom. The molecule has 0 radical (unpaired) electrons. The van der Waals surface area contributed by atoms with Crippen molar-refractivity contribution in [3.05, 3.63) is 16.1 Å². The lowest BCUT2D eigenvalue weighted by atomic mass is 10.0. The highest BCUT2D eigenvalue weighted by Crippen LogP contribution is 2.44. The van der Waals surface area contributed by atoms with E-state index in [9.17, 15) is 5.11 Å². The fourth-order valence-electron chi connectivity index (χ4n) is 1.89. The van der Waals surface area contributed by atoms with Crippen molar-refractivity contribution in [2.45, 2.75) is 19.3 Å². The average molecular weight is 302 g/mol. The summed E-state index contributed by atoms with van der Waals surface area (Å²) < 4.78 is 11.7. The Hall–Kier alpha value is -0.940. The van der Waals surface area contributed by atoms with Crippen molar-refractivity contribution in [1.82, 2.24) is 0 Å². The second kappa shape index (κ2) is 5.60. The summed E-state index contributed by atoms with van der Waals surface area (Å²) in [6.07, 6.45) is 2.60. The highest BCUT2D eigenvalue weighted by Gasteiger charge is 2.21. The van der Waals surface area contributed by atoms with Crippen molar-refractivity contribution in [3.63, 3.8) is 0 Å². The van der Waals surface area contributed by atoms with Gasteiger partial charge in [0, 0.05) is 11.6 Å². The van der Waals surface area contributed by atoms with Gasteiger partial charge < -0.3 is 20.3 Å². The van der Waals surface area contributed by atoms with Gasteiger partial charge in [-0.2, -0.15) is 0 Å². The number of hydrogen-bond donors (Lipinski definition) is 2. The van der Waals surface area contributed by atoms with Crippen LogP contribution < -0.4 is 15.2 Å². The molecule has 0 spiro atoms. The van der Waals surface area contributed by atoms with Gasteiger partial charge in [0.05, 0.1) is 4.47 Å². The molecule has 17 heavy (non-hydrogen) atoms. The van der Waals surface area contributed by atoms with Gasteiger partial charge in [-0.1, -0.05) is 0 Å². The number of halogens is 1. The summed E-state index contributed by atoms with van der Waals surface area (Å²) in [5, 5.41) is 10.0. The minimum atomic E-state index is 0.242. The molecule has 0 fully saturated rings. The molecule has 0 saturated heterocycles. The monoisotopic (exact) mass is 301 g/mol. The number of ether oxygens (including phenoxy) is 2. The first kappa shape index (κ1) is 12.5. The molecule has 94 valence electrons. The lowest BCUT2D eigenvalue weighted by molar-refractivity contribution is 0.168. The SMILES string of the molecule is NCCCCc1c(O)c(Br)cc2c1OCCO2. The largest absolute Gasteiger partial charge is 0.506 e. The van der Waals surface area contributed by atoms with Gasteiger partial charge >= 0.3 is 0 Å². The maximum Gasteiger partial charge on any atom is 0.168 e. The van der Waals surface area contributed by atoms with Crippen LogP contribution in [0.2, 0.25) is 0 Å². The summed E-state index contributed by atoms with van der Waals surface area (Å²) in [4.78, 5) is 0. The van der Waals surface area contributed by atoms with E-state index in [0.717, 1.165) is 24.8 Å². The Balaban J connectivity index is 2.30. The van der Waals surface area contributed by atoms with E-state index in [2.05, 4.69) is 15.9 Å². The molecule has 2 rings (SSSR count). The van der Waals surface area contributed by atoms with Gasteiger partial charge in [0.1, 0.15) is 19.0 Å². The van der Waals surface area contributed by atoms with E-state index < -0.39 is 0 Å². The van der Waals surface area contributed by atoms with Crippen LogP contribution in [-0.2, 0) is 6.42 Å². The molecule has 0 bridgehead atoms. The van der Waals surface area contributed by atoms with Crippen molar-refractivity contribution in [3.8, 4) is 17.2 Å². The fraction of sp³-hybridized carbons (Fsp3) is 0.500. The minimum absolute atomic E-state index is 0.242. The predicted octanol–water partition coefficient (Wildman–Crippen LogP) is 2.21. The second-order valence-corrected chi connectivity index (χ2v) is 4.81. The Bertz CT molecular complexity index is 409. The van der Waals surface area contributed by atoms with E-state index in [-0.39, 0.29) is 5.75 Å². The zero-order valence-electron chi connectivity index (χ0n) is 9.54. The van der Waals surface area contributed by atoms with E-state index in [1.165, 1.54) is 0 Å². The lowest BCUT2D eigenvalue weighted by Gasteiger charge is -2.22. The van der Waals surface area contributed by atoms with E-state index in [1.807, 2.05) is 0 Å². The molecule has 0 unspecified atom stereocenters. The molecule has 4 nitrogen and oxygen atoms in total. The van der Waals surface area contributed by atoms with Gasteiger partial charge in [-0.25, -0.2) is 0 Å². The van der Waals surface area contributed by atoms with Crippen LogP contribution in [0.3, 0.4) is 0 Å². The molecule has 5 heteroatoms. The van der Waals surface area contributed by atoms with E-state index >= 15 is 0 Å². The number of phenolic OH excluding ortho intramolecular Hbond substituents is 1. The number of unbranched alkanes of at least 4 members (excludes halogenated alkanes) is 1. The second-order valence-electron chi connectivity index (χ2n) is 3.96. The third-order valence-electron chi connectivity index (χ3n) is 2.74. The Labute approximate surface area is 109 Å². The molecule has 0 saturated carbocycles. The van der Waals surface area contributed by atoms with Gasteiger partial charge in [-0.3, -0.25) is 0 Å². The number of aromatic hydroxyl groups is 1. The first-order valence-electron chi connectivity index (χ1n) is 5.74. The molecule has 3 N–H and O–H groups in total. The number of phenols is 1. The number of fused-ring (bicyclic) bond motifs is 1. The molecule has 0 aromatic heterocycles. The van der Waals surface area contributed by atoms with Crippen LogP contribution in [0.4, 0.5) is 0 Å². The third-order valence-corrected chi connectivity index (χ3v) is 3.34. The van der Waals surface area contributed by atoms with Crippen LogP contribution in [0.15, 0.2) is 10.5 Å². The van der Waals surface area contributed by atoms with E-state index in [1.54, 1.807) is 6.07 Å². The topological polar surface area (TPSA) is 64.7 Å². The summed E-state index contributed by atoms with van der Waals surface area (Å²) in [6.45, 7) is 1.73. The van der Waals surface area contributed by atoms with Crippen LogP contribution in [0.25, 0.3) is 0 Å². The zero-order valence-corrected chi connectivity index (χ0v) is 11.1. The van der Waals surface area contributed by atoms with Crippen molar-refractivity contribution < 1.29 is 14.6 Å². The Morgan fingerprint density at radius 3 is 2.82 bits per heavy atom. The molecular weight excluding hydrogens is 286 g/mol. The first-order valence-corrected chi connectivity index (χ1v) is 6.53. The van der Waals surface area contributed by atoms with Crippen molar-refractivity contribution in [2.75, 3.05) is 19.8 Å². The van der Waals surface area contributed by atoms with Crippen LogP contribution in [0.5, 0.6) is 17.2 Å². The quantitative estimate of drug-likeness (QED) is 0.837. The van der Waals surface area contributed by atoms with Gasteiger partial charge in [0.25, 0.3) is 0 Å². The number of rotatable bonds is 4. The Kier molecular flexibility index (Phi) is 4.12. The van der Waals surface area contributed by atoms with Crippen LogP contribution in [0.1, 0.15) is 18.4 Å². The molecule has 1 aliphatic heterocycles. The first-order chi connectivity index (χ1) is 8.24. The standard InChI is InChI=1S/C12H16BrNO3/c13-9-7-10-12(17-6-5-16-10)8(11(9)15)3-1-2-4-14/h7,15H,1-6,14H2. The molecule has 1 aliphatic rings. The van der Waals surface area contributed by atoms with Crippen molar-refractivity contribution in [2.24, 2.45) is 5.73 Å². The number of benzene rings is 1. The number of hydrogen-bond acceptors (Lipinski definition) is 4. The molecular formula is C12H16BrNO3. The van der Waals surface area contributed by atoms with Crippen molar-refractivity contribution in [1.29, 1.82) is 0 Å². The summed E-state index contributed by atoms with van der Waals surface area (Å²) in [5.41, 5.74) is 6.28. The van der Waals surface area contributed by atoms with Gasteiger partial charge in [-0.05, 0) is 41.7 Å². The fourth-order valence-corrected chi connectivity index (χ4v) is 2.34. The zero-order chi connectivity index (χ0) is 12.3. The van der Waals surface area contributed by atoms with Gasteiger partial charge in [0.15, 0.2) is 11.5 Å². The van der Waals surface area contributed by atoms with Gasteiger partial charge in [-0.15, -0.1) is 0 Å². The summed E-state index contributed by atoms with van der Waals surface area (Å²) in [5.74, 6) is 1.61. The van der Waals surface area contributed by atoms with E-state index in [4.69, 9.17) is 15.2 Å². The average Bonchev–Trinajstić information content (AvgIpc) is 2.34. The normalized spacial score (nSPS) is 13.8. The summed E-state index contributed by atoms with van der Waals surface area (Å²) >= 11 is 3.32. The molecule has 0 amide bonds. The smallest absolute Gasteiger partial charge is 0.168 e. The minimum Gasteiger partial charge on any atom is -0.506 e. The Morgan fingerprint density at radius 1 is 1.29 bits per heavy atom. The third kappa shape index (κ3) is 2.66. The molecule has 1 aromatic rings. The van der Waals surface area contributed by atoms with Crippen LogP contribution >= 0.6 is 15.9 Å². The molecule has 1 heterocycles. The number of nitrogens with two attached hydrogens (primary N) is 1.